The van der Waals surface area contributed by atoms with Crippen molar-refractivity contribution < 1.29 is 4.79 Å². The van der Waals surface area contributed by atoms with Crippen LogP contribution in [-0.4, -0.2) is 61.6 Å². The largest absolute Gasteiger partial charge is 0.336 e. The summed E-state index contributed by atoms with van der Waals surface area (Å²) in [6.45, 7) is 1.26. The van der Waals surface area contributed by atoms with Gasteiger partial charge in [-0.25, -0.2) is 14.3 Å². The molecule has 0 fully saturated rings. The Hall–Kier alpha value is -3.20. The number of benzene rings is 1. The van der Waals surface area contributed by atoms with Gasteiger partial charge in [0.2, 0.25) is 5.91 Å². The molecule has 0 saturated heterocycles. The van der Waals surface area contributed by atoms with Crippen molar-refractivity contribution in [1.29, 1.82) is 0 Å². The molecular formula is C20H26N6O3. The van der Waals surface area contributed by atoms with E-state index in [1.807, 2.05) is 49.3 Å². The standard InChI is InChI=1S/C20H26N6O3/c1-22(2)10-11-25(12-15-8-6-5-7-9-15)16(27)13-26-19(28)17-18(21-14-23(17)3)24(4)20(26)29/h5-9,14H,10-13H2,1-4H3. The summed E-state index contributed by atoms with van der Waals surface area (Å²) < 4.78 is 3.84. The number of aromatic nitrogens is 4. The van der Waals surface area contributed by atoms with Crippen molar-refractivity contribution in [3.8, 4) is 0 Å². The highest BCUT2D eigenvalue weighted by Gasteiger charge is 2.20. The number of rotatable bonds is 7. The zero-order valence-corrected chi connectivity index (χ0v) is 17.2. The monoisotopic (exact) mass is 398 g/mol. The van der Waals surface area contributed by atoms with Crippen LogP contribution < -0.4 is 11.2 Å². The molecule has 9 heteroatoms. The normalized spacial score (nSPS) is 11.3. The summed E-state index contributed by atoms with van der Waals surface area (Å²) in [5.41, 5.74) is 0.523. The number of carbonyl (C=O) groups excluding carboxylic acids is 1. The van der Waals surface area contributed by atoms with Crippen LogP contribution in [0.2, 0.25) is 0 Å². The van der Waals surface area contributed by atoms with E-state index in [9.17, 15) is 14.4 Å². The molecule has 0 aliphatic carbocycles. The first-order valence-corrected chi connectivity index (χ1v) is 9.37. The number of imidazole rings is 1. The number of likely N-dealkylation sites (N-methyl/N-ethyl adjacent to an activating group) is 1. The molecule has 29 heavy (non-hydrogen) atoms. The highest BCUT2D eigenvalue weighted by atomic mass is 16.2. The molecule has 0 N–H and O–H groups in total. The Morgan fingerprint density at radius 2 is 1.76 bits per heavy atom. The SMILES string of the molecule is CN(C)CCN(Cc1ccccc1)C(=O)Cn1c(=O)c2c(ncn2C)n(C)c1=O. The van der Waals surface area contributed by atoms with Gasteiger partial charge in [-0.1, -0.05) is 30.3 Å². The third kappa shape index (κ3) is 4.29. The van der Waals surface area contributed by atoms with Crippen LogP contribution in [0.5, 0.6) is 0 Å². The van der Waals surface area contributed by atoms with Crippen molar-refractivity contribution >= 4 is 17.1 Å². The lowest BCUT2D eigenvalue weighted by Gasteiger charge is -2.25. The van der Waals surface area contributed by atoms with Crippen LogP contribution in [0, 0.1) is 0 Å². The van der Waals surface area contributed by atoms with E-state index in [2.05, 4.69) is 4.98 Å². The van der Waals surface area contributed by atoms with Gasteiger partial charge in [-0.2, -0.15) is 0 Å². The quantitative estimate of drug-likeness (QED) is 0.560. The van der Waals surface area contributed by atoms with E-state index in [1.165, 1.54) is 10.9 Å². The summed E-state index contributed by atoms with van der Waals surface area (Å²) in [6.07, 6.45) is 1.48. The van der Waals surface area contributed by atoms with Gasteiger partial charge in [0.15, 0.2) is 11.2 Å². The predicted molar refractivity (Wildman–Crippen MR) is 111 cm³/mol. The Labute approximate surface area is 168 Å². The molecule has 2 heterocycles. The Kier molecular flexibility index (Phi) is 5.97. The fourth-order valence-electron chi connectivity index (χ4n) is 3.19. The molecule has 2 aromatic heterocycles. The molecule has 3 aromatic rings. The second kappa shape index (κ2) is 8.44. The maximum absolute atomic E-state index is 13.1. The van der Waals surface area contributed by atoms with E-state index in [0.29, 0.717) is 30.8 Å². The van der Waals surface area contributed by atoms with Crippen molar-refractivity contribution in [2.75, 3.05) is 27.2 Å². The molecule has 1 amide bonds. The van der Waals surface area contributed by atoms with E-state index in [-0.39, 0.29) is 12.5 Å². The number of nitrogens with zero attached hydrogens (tertiary/aromatic N) is 6. The number of carbonyl (C=O) groups is 1. The molecule has 0 radical (unpaired) electrons. The van der Waals surface area contributed by atoms with Gasteiger partial charge >= 0.3 is 5.69 Å². The highest BCUT2D eigenvalue weighted by molar-refractivity contribution is 5.77. The zero-order chi connectivity index (χ0) is 21.1. The van der Waals surface area contributed by atoms with Gasteiger partial charge in [0.25, 0.3) is 5.56 Å². The lowest BCUT2D eigenvalue weighted by Crippen LogP contribution is -2.45. The van der Waals surface area contributed by atoms with Crippen molar-refractivity contribution in [3.05, 3.63) is 63.1 Å². The van der Waals surface area contributed by atoms with Gasteiger partial charge in [0.05, 0.1) is 6.33 Å². The molecule has 1 aromatic carbocycles. The summed E-state index contributed by atoms with van der Waals surface area (Å²) in [7, 11) is 7.10. The summed E-state index contributed by atoms with van der Waals surface area (Å²) in [4.78, 5) is 46.4. The van der Waals surface area contributed by atoms with Crippen LogP contribution >= 0.6 is 0 Å². The van der Waals surface area contributed by atoms with E-state index in [4.69, 9.17) is 0 Å². The van der Waals surface area contributed by atoms with Crippen LogP contribution in [0.1, 0.15) is 5.56 Å². The molecule has 9 nitrogen and oxygen atoms in total. The molecule has 0 atom stereocenters. The molecular weight excluding hydrogens is 372 g/mol. The first kappa shape index (κ1) is 20.5. The van der Waals surface area contributed by atoms with Gasteiger partial charge in [-0.05, 0) is 19.7 Å². The molecule has 3 rings (SSSR count). The van der Waals surface area contributed by atoms with Crippen LogP contribution in [-0.2, 0) is 32.0 Å². The van der Waals surface area contributed by atoms with E-state index in [1.54, 1.807) is 23.6 Å². The minimum absolute atomic E-state index is 0.281. The summed E-state index contributed by atoms with van der Waals surface area (Å²) in [5, 5.41) is 0. The summed E-state index contributed by atoms with van der Waals surface area (Å²) >= 11 is 0. The van der Waals surface area contributed by atoms with E-state index < -0.39 is 11.2 Å². The summed E-state index contributed by atoms with van der Waals surface area (Å²) in [6, 6.07) is 9.65. The molecule has 0 unspecified atom stereocenters. The number of hydrogen-bond acceptors (Lipinski definition) is 5. The molecule has 0 spiro atoms. The highest BCUT2D eigenvalue weighted by Crippen LogP contribution is 2.07. The lowest BCUT2D eigenvalue weighted by molar-refractivity contribution is -0.132. The van der Waals surface area contributed by atoms with Crippen LogP contribution in [0.3, 0.4) is 0 Å². The Bertz CT molecular complexity index is 1130. The molecule has 0 aliphatic rings. The molecule has 0 saturated carbocycles. The minimum atomic E-state index is -0.554. The smallest absolute Gasteiger partial charge is 0.332 e. The van der Waals surface area contributed by atoms with Crippen molar-refractivity contribution in [2.24, 2.45) is 14.1 Å². The first-order valence-electron chi connectivity index (χ1n) is 9.37. The first-order chi connectivity index (χ1) is 13.8. The minimum Gasteiger partial charge on any atom is -0.336 e. The molecule has 0 aliphatic heterocycles. The third-order valence-corrected chi connectivity index (χ3v) is 4.88. The van der Waals surface area contributed by atoms with Crippen molar-refractivity contribution in [2.45, 2.75) is 13.1 Å². The van der Waals surface area contributed by atoms with Crippen molar-refractivity contribution in [1.82, 2.24) is 28.5 Å². The molecule has 0 bridgehead atoms. The fraction of sp³-hybridized carbons (Fsp3) is 0.400. The number of hydrogen-bond donors (Lipinski definition) is 0. The topological polar surface area (TPSA) is 85.4 Å². The second-order valence-electron chi connectivity index (χ2n) is 7.36. The third-order valence-electron chi connectivity index (χ3n) is 4.88. The van der Waals surface area contributed by atoms with Gasteiger partial charge in [0.1, 0.15) is 6.54 Å². The van der Waals surface area contributed by atoms with Gasteiger partial charge in [0, 0.05) is 33.7 Å². The molecule has 154 valence electrons. The average Bonchev–Trinajstić information content (AvgIpc) is 3.09. The van der Waals surface area contributed by atoms with Gasteiger partial charge in [-0.15, -0.1) is 0 Å². The Morgan fingerprint density at radius 3 is 2.41 bits per heavy atom. The van der Waals surface area contributed by atoms with Crippen LogP contribution in [0.4, 0.5) is 0 Å². The Balaban J connectivity index is 1.94. The van der Waals surface area contributed by atoms with Crippen LogP contribution in [0.15, 0.2) is 46.2 Å². The summed E-state index contributed by atoms with van der Waals surface area (Å²) in [5.74, 6) is -0.281. The lowest BCUT2D eigenvalue weighted by atomic mass is 10.2. The number of amides is 1. The Morgan fingerprint density at radius 1 is 1.07 bits per heavy atom. The average molecular weight is 398 g/mol. The van der Waals surface area contributed by atoms with Crippen LogP contribution in [0.25, 0.3) is 11.2 Å². The predicted octanol–water partition coefficient (Wildman–Crippen LogP) is 0.0241. The van der Waals surface area contributed by atoms with E-state index in [0.717, 1.165) is 10.1 Å². The number of aryl methyl sites for hydroxylation is 2. The van der Waals surface area contributed by atoms with Gasteiger partial charge < -0.3 is 14.4 Å². The maximum atomic E-state index is 13.1. The number of fused-ring (bicyclic) bond motifs is 1. The van der Waals surface area contributed by atoms with Crippen molar-refractivity contribution in [3.63, 3.8) is 0 Å². The zero-order valence-electron chi connectivity index (χ0n) is 17.2. The second-order valence-corrected chi connectivity index (χ2v) is 7.36. The van der Waals surface area contributed by atoms with Gasteiger partial charge in [-0.3, -0.25) is 14.2 Å². The maximum Gasteiger partial charge on any atom is 0.332 e. The van der Waals surface area contributed by atoms with E-state index >= 15 is 0 Å². The fourth-order valence-corrected chi connectivity index (χ4v) is 3.19.